The van der Waals surface area contributed by atoms with Crippen LogP contribution in [0, 0.1) is 17.5 Å². The van der Waals surface area contributed by atoms with Crippen molar-refractivity contribution in [1.82, 2.24) is 14.9 Å². The summed E-state index contributed by atoms with van der Waals surface area (Å²) in [6, 6.07) is 7.44. The SMILES string of the molecule is CC(=O)N1CCOc2c(F)cc(-c3nc(Nc4ccc(C5CCN(C)CC5)c(F)c4)ncc3F)cc21. The van der Waals surface area contributed by atoms with Crippen molar-refractivity contribution in [2.45, 2.75) is 25.7 Å². The smallest absolute Gasteiger partial charge is 0.227 e. The fourth-order valence-electron chi connectivity index (χ4n) is 4.76. The highest BCUT2D eigenvalue weighted by molar-refractivity contribution is 5.94. The van der Waals surface area contributed by atoms with Crippen molar-refractivity contribution >= 4 is 23.2 Å². The van der Waals surface area contributed by atoms with E-state index in [0.717, 1.165) is 38.2 Å². The lowest BCUT2D eigenvalue weighted by atomic mass is 9.89. The van der Waals surface area contributed by atoms with E-state index in [0.29, 0.717) is 11.3 Å². The van der Waals surface area contributed by atoms with Crippen LogP contribution in [0.2, 0.25) is 0 Å². The predicted octanol–water partition coefficient (Wildman–Crippen LogP) is 4.86. The molecule has 1 amide bonds. The summed E-state index contributed by atoms with van der Waals surface area (Å²) < 4.78 is 49.8. The van der Waals surface area contributed by atoms with Crippen LogP contribution in [-0.2, 0) is 4.79 Å². The number of anilines is 3. The quantitative estimate of drug-likeness (QED) is 0.555. The third-order valence-corrected chi connectivity index (χ3v) is 6.69. The minimum atomic E-state index is -0.769. The molecule has 0 saturated carbocycles. The van der Waals surface area contributed by atoms with Gasteiger partial charge in [-0.25, -0.2) is 23.1 Å². The number of fused-ring (bicyclic) bond motifs is 1. The standard InChI is InChI=1S/C26H26F3N5O2/c1-15(35)34-9-10-36-25-21(28)11-17(12-23(25)34)24-22(29)14-30-26(32-24)31-18-3-4-19(20(27)13-18)16-5-7-33(2)8-6-16/h3-4,11-14,16H,5-10H2,1-2H3,(H,30,31,32). The number of hydrogen-bond acceptors (Lipinski definition) is 6. The van der Waals surface area contributed by atoms with Gasteiger partial charge >= 0.3 is 0 Å². The summed E-state index contributed by atoms with van der Waals surface area (Å²) in [7, 11) is 2.06. The number of likely N-dealkylation sites (tertiary alicyclic amines) is 1. The number of amides is 1. The third kappa shape index (κ3) is 4.73. The molecule has 5 rings (SSSR count). The number of halogens is 3. The van der Waals surface area contributed by atoms with Gasteiger partial charge in [-0.1, -0.05) is 6.07 Å². The number of aromatic nitrogens is 2. The van der Waals surface area contributed by atoms with Gasteiger partial charge in [0.05, 0.1) is 18.4 Å². The van der Waals surface area contributed by atoms with E-state index >= 15 is 0 Å². The Balaban J connectivity index is 1.42. The van der Waals surface area contributed by atoms with Gasteiger partial charge in [-0.2, -0.15) is 0 Å². The molecule has 1 fully saturated rings. The second kappa shape index (κ2) is 9.77. The Morgan fingerprint density at radius 3 is 2.56 bits per heavy atom. The van der Waals surface area contributed by atoms with Gasteiger partial charge in [-0.3, -0.25) is 4.79 Å². The molecular formula is C26H26F3N5O2. The molecule has 10 heteroatoms. The summed E-state index contributed by atoms with van der Waals surface area (Å²) in [5.74, 6) is -1.97. The van der Waals surface area contributed by atoms with Crippen molar-refractivity contribution in [2.24, 2.45) is 0 Å². The molecule has 2 aliphatic heterocycles. The number of carbonyl (C=O) groups excluding carboxylic acids is 1. The summed E-state index contributed by atoms with van der Waals surface area (Å²) in [6.45, 7) is 3.63. The fraction of sp³-hybridized carbons (Fsp3) is 0.346. The third-order valence-electron chi connectivity index (χ3n) is 6.69. The number of nitrogens with one attached hydrogen (secondary N) is 1. The minimum Gasteiger partial charge on any atom is -0.486 e. The van der Waals surface area contributed by atoms with Crippen molar-refractivity contribution in [3.8, 4) is 17.0 Å². The van der Waals surface area contributed by atoms with E-state index in [-0.39, 0.29) is 59.4 Å². The average Bonchev–Trinajstić information content (AvgIpc) is 2.85. The molecule has 36 heavy (non-hydrogen) atoms. The molecule has 2 aromatic carbocycles. The van der Waals surface area contributed by atoms with E-state index in [4.69, 9.17) is 4.74 Å². The molecule has 0 spiro atoms. The van der Waals surface area contributed by atoms with Gasteiger partial charge < -0.3 is 19.9 Å². The van der Waals surface area contributed by atoms with Gasteiger partial charge in [0.25, 0.3) is 0 Å². The normalized spacial score (nSPS) is 16.4. The lowest BCUT2D eigenvalue weighted by Gasteiger charge is -2.29. The number of rotatable bonds is 4. The number of benzene rings is 2. The minimum absolute atomic E-state index is 0.0237. The Bertz CT molecular complexity index is 1310. The second-order valence-corrected chi connectivity index (χ2v) is 9.15. The topological polar surface area (TPSA) is 70.6 Å². The zero-order valence-corrected chi connectivity index (χ0v) is 20.0. The van der Waals surface area contributed by atoms with Crippen LogP contribution in [0.15, 0.2) is 36.5 Å². The molecule has 0 aliphatic carbocycles. The van der Waals surface area contributed by atoms with E-state index in [2.05, 4.69) is 27.2 Å². The van der Waals surface area contributed by atoms with E-state index in [9.17, 15) is 18.0 Å². The van der Waals surface area contributed by atoms with Crippen LogP contribution in [0.1, 0.15) is 31.2 Å². The predicted molar refractivity (Wildman–Crippen MR) is 130 cm³/mol. The van der Waals surface area contributed by atoms with Crippen molar-refractivity contribution in [1.29, 1.82) is 0 Å². The first-order valence-corrected chi connectivity index (χ1v) is 11.8. The molecule has 3 heterocycles. The van der Waals surface area contributed by atoms with Gasteiger partial charge in [0.2, 0.25) is 11.9 Å². The van der Waals surface area contributed by atoms with Gasteiger partial charge in [0.1, 0.15) is 18.1 Å². The van der Waals surface area contributed by atoms with Crippen LogP contribution < -0.4 is 15.0 Å². The number of ether oxygens (including phenoxy) is 1. The molecule has 0 bridgehead atoms. The number of nitrogens with zero attached hydrogens (tertiary/aromatic N) is 4. The van der Waals surface area contributed by atoms with Gasteiger partial charge in [0.15, 0.2) is 17.4 Å². The molecule has 0 atom stereocenters. The number of hydrogen-bond donors (Lipinski definition) is 1. The molecule has 1 aromatic heterocycles. The van der Waals surface area contributed by atoms with Crippen LogP contribution in [0.4, 0.5) is 30.5 Å². The Morgan fingerprint density at radius 1 is 1.06 bits per heavy atom. The maximum absolute atomic E-state index is 14.9. The van der Waals surface area contributed by atoms with E-state index in [1.165, 1.54) is 24.0 Å². The Kier molecular flexibility index (Phi) is 6.53. The fourth-order valence-corrected chi connectivity index (χ4v) is 4.76. The van der Waals surface area contributed by atoms with Crippen molar-refractivity contribution in [3.05, 3.63) is 59.5 Å². The van der Waals surface area contributed by atoms with E-state index in [1.54, 1.807) is 12.1 Å². The lowest BCUT2D eigenvalue weighted by molar-refractivity contribution is -0.116. The molecule has 0 radical (unpaired) electrons. The highest BCUT2D eigenvalue weighted by atomic mass is 19.1. The first-order valence-electron chi connectivity index (χ1n) is 11.8. The molecule has 1 N–H and O–H groups in total. The van der Waals surface area contributed by atoms with Crippen molar-refractivity contribution < 1.29 is 22.7 Å². The van der Waals surface area contributed by atoms with Gasteiger partial charge in [-0.05, 0) is 68.7 Å². The maximum atomic E-state index is 14.9. The largest absolute Gasteiger partial charge is 0.486 e. The lowest BCUT2D eigenvalue weighted by Crippen LogP contribution is -2.36. The monoisotopic (exact) mass is 497 g/mol. The molecule has 2 aliphatic rings. The molecule has 0 unspecified atom stereocenters. The second-order valence-electron chi connectivity index (χ2n) is 9.15. The molecule has 188 valence electrons. The Labute approximate surface area is 206 Å². The molecular weight excluding hydrogens is 471 g/mol. The van der Waals surface area contributed by atoms with Crippen LogP contribution in [0.5, 0.6) is 5.75 Å². The summed E-state index contributed by atoms with van der Waals surface area (Å²) in [6.07, 6.45) is 2.76. The highest BCUT2D eigenvalue weighted by Crippen LogP contribution is 2.39. The van der Waals surface area contributed by atoms with Crippen LogP contribution in [0.3, 0.4) is 0 Å². The van der Waals surface area contributed by atoms with E-state index < -0.39 is 11.6 Å². The summed E-state index contributed by atoms with van der Waals surface area (Å²) in [5, 5.41) is 2.90. The highest BCUT2D eigenvalue weighted by Gasteiger charge is 2.26. The number of piperidine rings is 1. The summed E-state index contributed by atoms with van der Waals surface area (Å²) in [4.78, 5) is 23.8. The first-order chi connectivity index (χ1) is 17.3. The summed E-state index contributed by atoms with van der Waals surface area (Å²) >= 11 is 0. The van der Waals surface area contributed by atoms with Crippen molar-refractivity contribution in [2.75, 3.05) is 43.5 Å². The average molecular weight is 498 g/mol. The van der Waals surface area contributed by atoms with Crippen LogP contribution in [-0.4, -0.2) is 54.1 Å². The van der Waals surface area contributed by atoms with Crippen LogP contribution in [0.25, 0.3) is 11.3 Å². The molecule has 3 aromatic rings. The maximum Gasteiger partial charge on any atom is 0.227 e. The van der Waals surface area contributed by atoms with Gasteiger partial charge in [0, 0.05) is 18.2 Å². The van der Waals surface area contributed by atoms with Gasteiger partial charge in [-0.15, -0.1) is 0 Å². The Hall–Kier alpha value is -3.66. The van der Waals surface area contributed by atoms with Crippen molar-refractivity contribution in [3.63, 3.8) is 0 Å². The van der Waals surface area contributed by atoms with Crippen LogP contribution >= 0.6 is 0 Å². The molecule has 7 nitrogen and oxygen atoms in total. The zero-order valence-electron chi connectivity index (χ0n) is 20.0. The zero-order chi connectivity index (χ0) is 25.4. The first kappa shape index (κ1) is 24.1. The number of carbonyl (C=O) groups is 1. The van der Waals surface area contributed by atoms with E-state index in [1.807, 2.05) is 0 Å². The molecule has 1 saturated heterocycles. The summed E-state index contributed by atoms with van der Waals surface area (Å²) in [5.41, 5.74) is 1.26. The Morgan fingerprint density at radius 2 is 1.83 bits per heavy atom.